The number of furan rings is 1. The van der Waals surface area contributed by atoms with Crippen LogP contribution in [0, 0.1) is 0 Å². The third kappa shape index (κ3) is 5.72. The van der Waals surface area contributed by atoms with Crippen molar-refractivity contribution in [3.63, 3.8) is 0 Å². The average Bonchev–Trinajstić information content (AvgIpc) is 3.94. The van der Waals surface area contributed by atoms with Crippen LogP contribution in [0.25, 0.3) is 89.7 Å². The number of fused-ring (bicyclic) bond motifs is 3. The average molecular weight is 693 g/mol. The number of rotatable bonds is 8. The Morgan fingerprint density at radius 1 is 0.453 bits per heavy atom. The highest BCUT2D eigenvalue weighted by atomic mass is 16.4. The first-order valence-corrected chi connectivity index (χ1v) is 16.8. The molecular formula is C44H28N4O5. The molecule has 0 aliphatic rings. The molecule has 0 aliphatic carbocycles. The number of carboxylic acid groups (broad SMARTS) is 2. The highest BCUT2D eigenvalue weighted by Crippen LogP contribution is 2.40. The maximum atomic E-state index is 11.5. The van der Waals surface area contributed by atoms with Crippen molar-refractivity contribution in [2.45, 2.75) is 0 Å². The van der Waals surface area contributed by atoms with Gasteiger partial charge < -0.3 is 24.6 Å². The van der Waals surface area contributed by atoms with E-state index in [2.05, 4.69) is 22.1 Å². The standard InChI is InChI=1S/C44H28N4O5/c49-43(50)29-15-11-27(12-16-29)41-45-37(25-7-3-1-4-8-25)39(47-41)31-19-21-35-33(23-31)34-24-32(20-22-36(34)53-35)40-38(26-9-5-2-6-10-26)46-42(48-40)28-13-17-30(18-14-28)44(51)52/h1-24H,(H,45,47)(H,46,48)(H,49,50)(H,51,52). The zero-order valence-electron chi connectivity index (χ0n) is 27.9. The van der Waals surface area contributed by atoms with E-state index in [1.165, 1.54) is 0 Å². The maximum Gasteiger partial charge on any atom is 0.335 e. The van der Waals surface area contributed by atoms with E-state index in [-0.39, 0.29) is 11.1 Å². The molecule has 0 fully saturated rings. The van der Waals surface area contributed by atoms with Gasteiger partial charge in [-0.3, -0.25) is 0 Å². The van der Waals surface area contributed by atoms with Crippen LogP contribution in [0.15, 0.2) is 150 Å². The molecule has 9 aromatic rings. The smallest absolute Gasteiger partial charge is 0.335 e. The van der Waals surface area contributed by atoms with E-state index in [1.807, 2.05) is 84.9 Å². The third-order valence-electron chi connectivity index (χ3n) is 9.36. The van der Waals surface area contributed by atoms with E-state index >= 15 is 0 Å². The largest absolute Gasteiger partial charge is 0.478 e. The van der Waals surface area contributed by atoms with Crippen LogP contribution < -0.4 is 0 Å². The summed E-state index contributed by atoms with van der Waals surface area (Å²) in [5.74, 6) is -0.725. The predicted octanol–water partition coefficient (Wildman–Crippen LogP) is 10.4. The number of carbonyl (C=O) groups is 2. The van der Waals surface area contributed by atoms with E-state index in [0.29, 0.717) is 11.6 Å². The van der Waals surface area contributed by atoms with Gasteiger partial charge in [-0.2, -0.15) is 0 Å². The van der Waals surface area contributed by atoms with Gasteiger partial charge in [0.05, 0.1) is 33.9 Å². The minimum Gasteiger partial charge on any atom is -0.478 e. The number of imidazole rings is 2. The van der Waals surface area contributed by atoms with Gasteiger partial charge in [-0.05, 0) is 60.7 Å². The van der Waals surface area contributed by atoms with Crippen LogP contribution in [-0.4, -0.2) is 42.1 Å². The molecule has 0 saturated heterocycles. The van der Waals surface area contributed by atoms with Crippen LogP contribution >= 0.6 is 0 Å². The Balaban J connectivity index is 1.17. The summed E-state index contributed by atoms with van der Waals surface area (Å²) in [5, 5.41) is 20.6. The van der Waals surface area contributed by atoms with Crippen LogP contribution in [-0.2, 0) is 0 Å². The molecule has 0 amide bonds. The fraction of sp³-hybridized carbons (Fsp3) is 0. The number of aromatic amines is 2. The molecule has 0 unspecified atom stereocenters. The molecule has 0 atom stereocenters. The molecule has 6 aromatic carbocycles. The fourth-order valence-corrected chi connectivity index (χ4v) is 6.68. The zero-order valence-corrected chi connectivity index (χ0v) is 27.9. The highest BCUT2D eigenvalue weighted by Gasteiger charge is 2.20. The molecule has 4 N–H and O–H groups in total. The third-order valence-corrected chi connectivity index (χ3v) is 9.36. The van der Waals surface area contributed by atoms with Gasteiger partial charge in [-0.25, -0.2) is 19.6 Å². The first-order valence-electron chi connectivity index (χ1n) is 16.8. The number of aromatic carboxylic acids is 2. The van der Waals surface area contributed by atoms with Gasteiger partial charge in [0.15, 0.2) is 0 Å². The van der Waals surface area contributed by atoms with E-state index in [0.717, 1.165) is 78.1 Å². The number of nitrogens with zero attached hydrogens (tertiary/aromatic N) is 2. The molecule has 0 spiro atoms. The summed E-state index contributed by atoms with van der Waals surface area (Å²) in [6.45, 7) is 0. The molecular weight excluding hydrogens is 665 g/mol. The summed E-state index contributed by atoms with van der Waals surface area (Å²) in [6, 6.07) is 45.3. The van der Waals surface area contributed by atoms with E-state index in [1.54, 1.807) is 48.5 Å². The summed E-state index contributed by atoms with van der Waals surface area (Å²) in [7, 11) is 0. The van der Waals surface area contributed by atoms with Crippen LogP contribution in [0.5, 0.6) is 0 Å². The molecule has 9 nitrogen and oxygen atoms in total. The minimum absolute atomic E-state index is 0.206. The van der Waals surface area contributed by atoms with Crippen molar-refractivity contribution >= 4 is 33.9 Å². The lowest BCUT2D eigenvalue weighted by atomic mass is 10.0. The molecule has 3 aromatic heterocycles. The lowest BCUT2D eigenvalue weighted by Gasteiger charge is -2.05. The van der Waals surface area contributed by atoms with Gasteiger partial charge in [0.25, 0.3) is 0 Å². The fourth-order valence-electron chi connectivity index (χ4n) is 6.68. The molecule has 3 heterocycles. The summed E-state index contributed by atoms with van der Waals surface area (Å²) < 4.78 is 6.33. The molecule has 0 radical (unpaired) electrons. The number of benzene rings is 6. The normalized spacial score (nSPS) is 11.3. The first-order chi connectivity index (χ1) is 25.9. The predicted molar refractivity (Wildman–Crippen MR) is 205 cm³/mol. The number of hydrogen-bond donors (Lipinski definition) is 4. The Morgan fingerprint density at radius 3 is 1.21 bits per heavy atom. The lowest BCUT2D eigenvalue weighted by Crippen LogP contribution is -1.95. The Morgan fingerprint density at radius 2 is 0.830 bits per heavy atom. The van der Waals surface area contributed by atoms with Gasteiger partial charge in [-0.15, -0.1) is 0 Å². The Kier molecular flexibility index (Phi) is 7.52. The van der Waals surface area contributed by atoms with Gasteiger partial charge in [0, 0.05) is 44.2 Å². The zero-order chi connectivity index (χ0) is 36.1. The van der Waals surface area contributed by atoms with E-state index in [9.17, 15) is 19.8 Å². The molecule has 0 bridgehead atoms. The van der Waals surface area contributed by atoms with Crippen LogP contribution in [0.1, 0.15) is 20.7 Å². The highest BCUT2D eigenvalue weighted by molar-refractivity contribution is 6.08. The summed E-state index contributed by atoms with van der Waals surface area (Å²) in [5.41, 5.74) is 10.3. The van der Waals surface area contributed by atoms with Gasteiger partial charge in [0.1, 0.15) is 22.8 Å². The maximum absolute atomic E-state index is 11.5. The van der Waals surface area contributed by atoms with Gasteiger partial charge in [0.2, 0.25) is 0 Å². The number of aromatic nitrogens is 4. The SMILES string of the molecule is O=C(O)c1ccc(-c2nc(-c3ccccc3)c(-c3ccc4oc5ccc(-c6[nH]c(-c7ccc(C(=O)O)cc7)nc6-c6ccccc6)cc5c4c3)[nH]2)cc1. The van der Waals surface area contributed by atoms with Gasteiger partial charge in [-0.1, -0.05) is 84.9 Å². The van der Waals surface area contributed by atoms with Crippen molar-refractivity contribution in [3.05, 3.63) is 157 Å². The Hall–Kier alpha value is -7.52. The van der Waals surface area contributed by atoms with Crippen LogP contribution in [0.4, 0.5) is 0 Å². The second kappa shape index (κ2) is 12.7. The number of carboxylic acids is 2. The summed E-state index contributed by atoms with van der Waals surface area (Å²) >= 11 is 0. The topological polar surface area (TPSA) is 145 Å². The monoisotopic (exact) mass is 692 g/mol. The molecule has 53 heavy (non-hydrogen) atoms. The number of nitrogens with one attached hydrogen (secondary N) is 2. The summed E-state index contributed by atoms with van der Waals surface area (Å²) in [6.07, 6.45) is 0. The number of H-pyrrole nitrogens is 2. The second-order valence-corrected chi connectivity index (χ2v) is 12.6. The second-order valence-electron chi connectivity index (χ2n) is 12.6. The first kappa shape index (κ1) is 31.5. The molecule has 0 aliphatic heterocycles. The van der Waals surface area contributed by atoms with Crippen molar-refractivity contribution in [1.29, 1.82) is 0 Å². The Labute approximate surface area is 301 Å². The van der Waals surface area contributed by atoms with Crippen molar-refractivity contribution in [1.82, 2.24) is 19.9 Å². The van der Waals surface area contributed by atoms with Crippen molar-refractivity contribution in [2.24, 2.45) is 0 Å². The van der Waals surface area contributed by atoms with Crippen LogP contribution in [0.3, 0.4) is 0 Å². The molecule has 9 rings (SSSR count). The van der Waals surface area contributed by atoms with E-state index in [4.69, 9.17) is 14.4 Å². The quantitative estimate of drug-likeness (QED) is 0.124. The molecule has 254 valence electrons. The van der Waals surface area contributed by atoms with Crippen molar-refractivity contribution < 1.29 is 24.2 Å². The van der Waals surface area contributed by atoms with E-state index < -0.39 is 11.9 Å². The number of hydrogen-bond acceptors (Lipinski definition) is 5. The van der Waals surface area contributed by atoms with Gasteiger partial charge >= 0.3 is 11.9 Å². The molecule has 9 heteroatoms. The summed E-state index contributed by atoms with van der Waals surface area (Å²) in [4.78, 5) is 40.0. The Bertz CT molecular complexity index is 2620. The molecule has 0 saturated carbocycles. The lowest BCUT2D eigenvalue weighted by molar-refractivity contribution is 0.0686. The minimum atomic E-state index is -0.984. The van der Waals surface area contributed by atoms with Crippen LogP contribution in [0.2, 0.25) is 0 Å². The van der Waals surface area contributed by atoms with Crippen molar-refractivity contribution in [3.8, 4) is 67.8 Å². The van der Waals surface area contributed by atoms with Crippen molar-refractivity contribution in [2.75, 3.05) is 0 Å².